The van der Waals surface area contributed by atoms with Crippen molar-refractivity contribution in [2.24, 2.45) is 0 Å². The number of rotatable bonds is 6. The van der Waals surface area contributed by atoms with E-state index >= 15 is 0 Å². The summed E-state index contributed by atoms with van der Waals surface area (Å²) in [4.78, 5) is 30.8. The molecular weight excluding hydrogens is 418 g/mol. The van der Waals surface area contributed by atoms with Gasteiger partial charge in [0.25, 0.3) is 5.91 Å². The van der Waals surface area contributed by atoms with Crippen LogP contribution in [0.1, 0.15) is 21.5 Å². The second-order valence-electron chi connectivity index (χ2n) is 7.64. The predicted molar refractivity (Wildman–Crippen MR) is 121 cm³/mol. The van der Waals surface area contributed by atoms with Gasteiger partial charge in [0, 0.05) is 50.1 Å². The average Bonchev–Trinajstić information content (AvgIpc) is 3.18. The largest absolute Gasteiger partial charge is 0.507 e. The number of nitrogens with zero attached hydrogens (tertiary/aromatic N) is 3. The van der Waals surface area contributed by atoms with E-state index < -0.39 is 0 Å². The van der Waals surface area contributed by atoms with Crippen LogP contribution in [0.25, 0.3) is 0 Å². The summed E-state index contributed by atoms with van der Waals surface area (Å²) in [5, 5.41) is 10.5. The van der Waals surface area contributed by atoms with Crippen molar-refractivity contribution in [1.29, 1.82) is 0 Å². The number of fused-ring (bicyclic) bond motifs is 1. The van der Waals surface area contributed by atoms with Crippen LogP contribution >= 0.6 is 11.6 Å². The Bertz CT molecular complexity index is 1040. The zero-order valence-corrected chi connectivity index (χ0v) is 18.8. The maximum atomic E-state index is 13.1. The molecule has 1 N–H and O–H groups in total. The molecule has 2 aromatic rings. The van der Waals surface area contributed by atoms with Crippen LogP contribution in [0.15, 0.2) is 42.5 Å². The Hall–Kier alpha value is -3.03. The van der Waals surface area contributed by atoms with Crippen LogP contribution in [0.4, 0.5) is 5.69 Å². The first-order valence-corrected chi connectivity index (χ1v) is 10.2. The lowest BCUT2D eigenvalue weighted by Crippen LogP contribution is -2.27. The first kappa shape index (κ1) is 22.7. The van der Waals surface area contributed by atoms with Crippen molar-refractivity contribution in [3.8, 4) is 11.5 Å². The number of ether oxygens (including phenoxy) is 1. The fourth-order valence-corrected chi connectivity index (χ4v) is 3.74. The summed E-state index contributed by atoms with van der Waals surface area (Å²) < 4.78 is 5.08. The molecule has 1 heterocycles. The molecular formula is C23H26ClN3O4. The molecule has 0 spiro atoms. The average molecular weight is 444 g/mol. The van der Waals surface area contributed by atoms with E-state index in [1.807, 2.05) is 43.3 Å². The molecule has 0 saturated heterocycles. The number of likely N-dealkylation sites (N-methyl/N-ethyl adjacent to an activating group) is 2. The first-order valence-electron chi connectivity index (χ1n) is 9.78. The summed E-state index contributed by atoms with van der Waals surface area (Å²) in [5.74, 6) is -0.380. The summed E-state index contributed by atoms with van der Waals surface area (Å²) in [5.41, 5.74) is 2.73. The maximum Gasteiger partial charge on any atom is 0.258 e. The molecule has 2 aromatic carbocycles. The Morgan fingerprint density at radius 3 is 2.65 bits per heavy atom. The number of anilines is 1. The summed E-state index contributed by atoms with van der Waals surface area (Å²) in [6.07, 6.45) is 3.36. The number of phenolic OH excluding ortho intramolecular Hbond substituents is 1. The minimum atomic E-state index is -0.343. The Labute approximate surface area is 187 Å². The minimum Gasteiger partial charge on any atom is -0.507 e. The van der Waals surface area contributed by atoms with Gasteiger partial charge in [-0.05, 0) is 31.8 Å². The van der Waals surface area contributed by atoms with Crippen LogP contribution in [0.5, 0.6) is 11.5 Å². The summed E-state index contributed by atoms with van der Waals surface area (Å²) in [7, 11) is 7.02. The normalized spacial score (nSPS) is 13.0. The third kappa shape index (κ3) is 4.84. The highest BCUT2D eigenvalue weighted by Gasteiger charge is 2.29. The molecule has 1 aliphatic heterocycles. The Morgan fingerprint density at radius 1 is 1.23 bits per heavy atom. The number of amides is 2. The Balaban J connectivity index is 1.82. The van der Waals surface area contributed by atoms with E-state index in [-0.39, 0.29) is 28.1 Å². The lowest BCUT2D eigenvalue weighted by molar-refractivity contribution is -0.113. The van der Waals surface area contributed by atoms with E-state index in [0.29, 0.717) is 25.4 Å². The topological polar surface area (TPSA) is 73.3 Å². The van der Waals surface area contributed by atoms with Gasteiger partial charge in [0.05, 0.1) is 17.7 Å². The van der Waals surface area contributed by atoms with E-state index in [4.69, 9.17) is 16.3 Å². The first-order chi connectivity index (χ1) is 14.7. The molecule has 0 atom stereocenters. The molecule has 2 amide bonds. The number of phenols is 1. The highest BCUT2D eigenvalue weighted by atomic mass is 35.5. The molecule has 1 aliphatic rings. The summed E-state index contributed by atoms with van der Waals surface area (Å²) in [6, 6.07) is 8.42. The zero-order chi connectivity index (χ0) is 22.7. The van der Waals surface area contributed by atoms with Crippen molar-refractivity contribution in [3.05, 3.63) is 64.2 Å². The highest BCUT2D eigenvalue weighted by molar-refractivity contribution is 6.32. The van der Waals surface area contributed by atoms with E-state index in [1.54, 1.807) is 22.9 Å². The molecule has 8 heteroatoms. The number of hydrogen-bond donors (Lipinski definition) is 1. The SMILES string of the molecule is COc1cc(O)c(C(=O)N2Cc3cccc(N(C)C(=O)/C=C/CN(C)C)c3C2)cc1Cl. The summed E-state index contributed by atoms with van der Waals surface area (Å²) in [6.45, 7) is 1.37. The molecule has 7 nitrogen and oxygen atoms in total. The number of hydrogen-bond acceptors (Lipinski definition) is 5. The second kappa shape index (κ2) is 9.41. The van der Waals surface area contributed by atoms with Crippen molar-refractivity contribution in [3.63, 3.8) is 0 Å². The third-order valence-electron chi connectivity index (χ3n) is 5.17. The van der Waals surface area contributed by atoms with Crippen LogP contribution in [-0.2, 0) is 17.9 Å². The van der Waals surface area contributed by atoms with Crippen LogP contribution in [0.2, 0.25) is 5.02 Å². The van der Waals surface area contributed by atoms with Crippen molar-refractivity contribution in [2.45, 2.75) is 13.1 Å². The van der Waals surface area contributed by atoms with Crippen LogP contribution in [-0.4, -0.2) is 61.5 Å². The molecule has 0 bridgehead atoms. The van der Waals surface area contributed by atoms with Crippen molar-refractivity contribution < 1.29 is 19.4 Å². The number of halogens is 1. The van der Waals surface area contributed by atoms with Gasteiger partial charge in [-0.3, -0.25) is 9.59 Å². The van der Waals surface area contributed by atoms with E-state index in [2.05, 4.69) is 0 Å². The molecule has 0 aromatic heterocycles. The lowest BCUT2D eigenvalue weighted by Gasteiger charge is -2.20. The standard InChI is InChI=1S/C23H26ClN3O4/c1-25(2)10-6-9-22(29)26(3)19-8-5-7-15-13-27(14-17(15)19)23(30)16-11-18(24)21(31-4)12-20(16)28/h5-9,11-12,28H,10,13-14H2,1-4H3/b9-6+. The fourth-order valence-electron chi connectivity index (χ4n) is 3.50. The number of carbonyl (C=O) groups is 2. The van der Waals surface area contributed by atoms with Gasteiger partial charge >= 0.3 is 0 Å². The molecule has 0 unspecified atom stereocenters. The number of carbonyl (C=O) groups excluding carboxylic acids is 2. The quantitative estimate of drug-likeness (QED) is 0.693. The van der Waals surface area contributed by atoms with Crippen LogP contribution < -0.4 is 9.64 Å². The van der Waals surface area contributed by atoms with E-state index in [1.165, 1.54) is 19.2 Å². The zero-order valence-electron chi connectivity index (χ0n) is 18.1. The van der Waals surface area contributed by atoms with Gasteiger partial charge in [0.2, 0.25) is 5.91 Å². The minimum absolute atomic E-state index is 0.108. The third-order valence-corrected chi connectivity index (χ3v) is 5.46. The van der Waals surface area contributed by atoms with E-state index in [9.17, 15) is 14.7 Å². The summed E-state index contributed by atoms with van der Waals surface area (Å²) >= 11 is 6.14. The lowest BCUT2D eigenvalue weighted by atomic mass is 10.1. The van der Waals surface area contributed by atoms with Crippen molar-refractivity contribution in [2.75, 3.05) is 39.7 Å². The maximum absolute atomic E-state index is 13.1. The fraction of sp³-hybridized carbons (Fsp3) is 0.304. The molecule has 164 valence electrons. The van der Waals surface area contributed by atoms with Crippen LogP contribution in [0, 0.1) is 0 Å². The number of aromatic hydroxyl groups is 1. The molecule has 0 saturated carbocycles. The van der Waals surface area contributed by atoms with E-state index in [0.717, 1.165) is 16.8 Å². The predicted octanol–water partition coefficient (Wildman–Crippen LogP) is 3.29. The second-order valence-corrected chi connectivity index (χ2v) is 8.05. The van der Waals surface area contributed by atoms with Crippen molar-refractivity contribution in [1.82, 2.24) is 9.80 Å². The Morgan fingerprint density at radius 2 is 1.97 bits per heavy atom. The monoisotopic (exact) mass is 443 g/mol. The number of benzene rings is 2. The van der Waals surface area contributed by atoms with Gasteiger partial charge in [-0.2, -0.15) is 0 Å². The van der Waals surface area contributed by atoms with Gasteiger partial charge in [0.1, 0.15) is 11.5 Å². The van der Waals surface area contributed by atoms with Crippen molar-refractivity contribution >= 4 is 29.1 Å². The van der Waals surface area contributed by atoms with Gasteiger partial charge in [-0.25, -0.2) is 0 Å². The molecule has 0 fully saturated rings. The molecule has 3 rings (SSSR count). The molecule has 31 heavy (non-hydrogen) atoms. The van der Waals surface area contributed by atoms with Crippen LogP contribution in [0.3, 0.4) is 0 Å². The molecule has 0 aliphatic carbocycles. The Kier molecular flexibility index (Phi) is 6.87. The number of methoxy groups -OCH3 is 1. The molecule has 0 radical (unpaired) electrons. The smallest absolute Gasteiger partial charge is 0.258 e. The van der Waals surface area contributed by atoms with Gasteiger partial charge < -0.3 is 24.5 Å². The highest BCUT2D eigenvalue weighted by Crippen LogP contribution is 2.36. The van der Waals surface area contributed by atoms with Gasteiger partial charge in [0.15, 0.2) is 0 Å². The van der Waals surface area contributed by atoms with Gasteiger partial charge in [-0.15, -0.1) is 0 Å². The van der Waals surface area contributed by atoms with Gasteiger partial charge in [-0.1, -0.05) is 29.8 Å².